The Morgan fingerprint density at radius 1 is 1.10 bits per heavy atom. The molecule has 0 spiro atoms. The molecule has 4 amide bonds. The van der Waals surface area contributed by atoms with Crippen LogP contribution in [0.4, 0.5) is 4.79 Å². The van der Waals surface area contributed by atoms with E-state index in [1.54, 1.807) is 30.3 Å². The van der Waals surface area contributed by atoms with Gasteiger partial charge in [-0.15, -0.1) is 0 Å². The van der Waals surface area contributed by atoms with Crippen LogP contribution in [0.3, 0.4) is 0 Å². The molecule has 0 bridgehead atoms. The van der Waals surface area contributed by atoms with Crippen LogP contribution >= 0.6 is 0 Å². The van der Waals surface area contributed by atoms with Gasteiger partial charge in [0.05, 0.1) is 0 Å². The van der Waals surface area contributed by atoms with E-state index >= 15 is 0 Å². The Balaban J connectivity index is 2.36. The van der Waals surface area contributed by atoms with E-state index in [-0.39, 0.29) is 12.2 Å². The summed E-state index contributed by atoms with van der Waals surface area (Å²) in [6, 6.07) is 8.03. The number of ketones is 1. The fraction of sp³-hybridized carbons (Fsp3) is 0.286. The van der Waals surface area contributed by atoms with Crippen molar-refractivity contribution in [3.63, 3.8) is 0 Å². The number of rotatable bonds is 4. The molecule has 1 aromatic rings. The van der Waals surface area contributed by atoms with E-state index in [1.807, 2.05) is 0 Å². The van der Waals surface area contributed by atoms with Gasteiger partial charge in [0, 0.05) is 12.3 Å². The summed E-state index contributed by atoms with van der Waals surface area (Å²) in [5.41, 5.74) is 0.715. The van der Waals surface area contributed by atoms with Crippen molar-refractivity contribution in [3.8, 4) is 0 Å². The van der Waals surface area contributed by atoms with Crippen LogP contribution in [0.15, 0.2) is 30.3 Å². The number of urea groups is 1. The highest BCUT2D eigenvalue weighted by Gasteiger charge is 2.41. The lowest BCUT2D eigenvalue weighted by atomic mass is 9.81. The summed E-state index contributed by atoms with van der Waals surface area (Å²) < 4.78 is 0. The van der Waals surface area contributed by atoms with Crippen molar-refractivity contribution in [1.82, 2.24) is 10.6 Å². The summed E-state index contributed by atoms with van der Waals surface area (Å²) in [6.07, 6.45) is 0.0592. The monoisotopic (exact) mass is 274 g/mol. The summed E-state index contributed by atoms with van der Waals surface area (Å²) in [5.74, 6) is -3.14. The van der Waals surface area contributed by atoms with Crippen LogP contribution in [0.1, 0.15) is 24.8 Å². The van der Waals surface area contributed by atoms with E-state index in [2.05, 4.69) is 10.6 Å². The van der Waals surface area contributed by atoms with E-state index in [0.29, 0.717) is 5.56 Å². The lowest BCUT2D eigenvalue weighted by molar-refractivity contribution is -0.137. The lowest BCUT2D eigenvalue weighted by Crippen LogP contribution is -2.57. The predicted octanol–water partition coefficient (Wildman–Crippen LogP) is 0.731. The smallest absolute Gasteiger partial charge is 0.300 e. The fourth-order valence-electron chi connectivity index (χ4n) is 2.33. The summed E-state index contributed by atoms with van der Waals surface area (Å²) in [4.78, 5) is 46.3. The third-order valence-electron chi connectivity index (χ3n) is 3.18. The highest BCUT2D eigenvalue weighted by atomic mass is 16.2. The molecule has 0 radical (unpaired) electrons. The summed E-state index contributed by atoms with van der Waals surface area (Å²) in [5, 5.41) is 4.12. The van der Waals surface area contributed by atoms with Gasteiger partial charge < -0.3 is 4.79 Å². The van der Waals surface area contributed by atoms with Gasteiger partial charge in [-0.2, -0.15) is 0 Å². The molecule has 20 heavy (non-hydrogen) atoms. The van der Waals surface area contributed by atoms with Gasteiger partial charge in [-0.3, -0.25) is 20.2 Å². The van der Waals surface area contributed by atoms with Gasteiger partial charge in [-0.05, 0) is 12.5 Å². The van der Waals surface area contributed by atoms with Gasteiger partial charge in [0.15, 0.2) is 0 Å². The van der Waals surface area contributed by atoms with Gasteiger partial charge >= 0.3 is 6.03 Å². The molecule has 6 nitrogen and oxygen atoms in total. The van der Waals surface area contributed by atoms with Crippen LogP contribution in [0.2, 0.25) is 0 Å². The highest BCUT2D eigenvalue weighted by molar-refractivity contribution is 6.16. The predicted molar refractivity (Wildman–Crippen MR) is 69.7 cm³/mol. The molecule has 1 fully saturated rings. The number of benzene rings is 1. The number of barbiturate groups is 1. The number of imide groups is 2. The van der Waals surface area contributed by atoms with Crippen molar-refractivity contribution in [3.05, 3.63) is 35.9 Å². The Morgan fingerprint density at radius 3 is 2.15 bits per heavy atom. The van der Waals surface area contributed by atoms with E-state index in [4.69, 9.17) is 0 Å². The second-order valence-electron chi connectivity index (χ2n) is 4.71. The first-order chi connectivity index (χ1) is 9.49. The quantitative estimate of drug-likeness (QED) is 0.792. The molecule has 0 unspecified atom stereocenters. The normalized spacial score (nSPS) is 17.4. The number of nitrogens with one attached hydrogen (secondary N) is 2. The number of hydrogen-bond donors (Lipinski definition) is 2. The highest BCUT2D eigenvalue weighted by Crippen LogP contribution is 2.30. The van der Waals surface area contributed by atoms with Gasteiger partial charge in [-0.1, -0.05) is 30.3 Å². The molecule has 1 aliphatic rings. The Kier molecular flexibility index (Phi) is 3.93. The molecule has 0 aromatic heterocycles. The standard InChI is InChI=1S/C14H14N2O4/c1-8(17)7-10(9-5-3-2-4-6-9)11-12(18)15-14(20)16-13(11)19/h2-6,10-11H,7H2,1H3,(H2,15,16,18,19,20)/t10-/m1/s1. The molecule has 6 heteroatoms. The molecule has 1 aromatic carbocycles. The zero-order valence-corrected chi connectivity index (χ0v) is 10.9. The topological polar surface area (TPSA) is 92.3 Å². The third-order valence-corrected chi connectivity index (χ3v) is 3.18. The molecule has 104 valence electrons. The number of carbonyl (C=O) groups is 4. The Labute approximate surface area is 115 Å². The molecule has 1 atom stereocenters. The Hall–Kier alpha value is -2.50. The van der Waals surface area contributed by atoms with Gasteiger partial charge in [0.1, 0.15) is 11.7 Å². The van der Waals surface area contributed by atoms with Crippen LogP contribution in [-0.4, -0.2) is 23.6 Å². The average molecular weight is 274 g/mol. The van der Waals surface area contributed by atoms with Crippen molar-refractivity contribution in [1.29, 1.82) is 0 Å². The number of carbonyl (C=O) groups excluding carboxylic acids is 4. The average Bonchev–Trinajstić information content (AvgIpc) is 2.37. The van der Waals surface area contributed by atoms with Crippen molar-refractivity contribution in [2.75, 3.05) is 0 Å². The van der Waals surface area contributed by atoms with Crippen LogP contribution in [0, 0.1) is 5.92 Å². The molecule has 2 N–H and O–H groups in total. The molecule has 1 heterocycles. The largest absolute Gasteiger partial charge is 0.328 e. The first kappa shape index (κ1) is 13.9. The van der Waals surface area contributed by atoms with Gasteiger partial charge in [0.2, 0.25) is 11.8 Å². The Morgan fingerprint density at radius 2 is 1.65 bits per heavy atom. The molecule has 1 aliphatic heterocycles. The van der Waals surface area contributed by atoms with E-state index in [1.165, 1.54) is 6.92 Å². The minimum atomic E-state index is -1.08. The maximum absolute atomic E-state index is 11.9. The van der Waals surface area contributed by atoms with Gasteiger partial charge in [-0.25, -0.2) is 4.79 Å². The van der Waals surface area contributed by atoms with Crippen LogP contribution < -0.4 is 10.6 Å². The number of hydrogen-bond acceptors (Lipinski definition) is 4. The van der Waals surface area contributed by atoms with E-state index in [9.17, 15) is 19.2 Å². The first-order valence-electron chi connectivity index (χ1n) is 6.19. The van der Waals surface area contributed by atoms with E-state index in [0.717, 1.165) is 0 Å². The molecule has 0 aliphatic carbocycles. The van der Waals surface area contributed by atoms with Crippen LogP contribution in [-0.2, 0) is 14.4 Å². The third kappa shape index (κ3) is 2.90. The first-order valence-corrected chi connectivity index (χ1v) is 6.19. The summed E-state index contributed by atoms with van der Waals surface area (Å²) >= 11 is 0. The molecule has 2 rings (SSSR count). The Bertz CT molecular complexity index is 548. The van der Waals surface area contributed by atoms with Crippen LogP contribution in [0.5, 0.6) is 0 Å². The zero-order valence-electron chi connectivity index (χ0n) is 10.9. The second-order valence-corrected chi connectivity index (χ2v) is 4.71. The van der Waals surface area contributed by atoms with Crippen molar-refractivity contribution >= 4 is 23.6 Å². The van der Waals surface area contributed by atoms with Crippen LogP contribution in [0.25, 0.3) is 0 Å². The number of Topliss-reactive ketones (excluding diaryl/α,β-unsaturated/α-hetero) is 1. The maximum Gasteiger partial charge on any atom is 0.328 e. The fourth-order valence-corrected chi connectivity index (χ4v) is 2.33. The van der Waals surface area contributed by atoms with Gasteiger partial charge in [0.25, 0.3) is 0 Å². The van der Waals surface area contributed by atoms with E-state index < -0.39 is 29.7 Å². The van der Waals surface area contributed by atoms with Crippen molar-refractivity contribution in [2.45, 2.75) is 19.3 Å². The van der Waals surface area contributed by atoms with Crippen molar-refractivity contribution < 1.29 is 19.2 Å². The molecule has 0 saturated carbocycles. The summed E-state index contributed by atoms with van der Waals surface area (Å²) in [7, 11) is 0. The SMILES string of the molecule is CC(=O)C[C@H](c1ccccc1)C1C(=O)NC(=O)NC1=O. The molecular weight excluding hydrogens is 260 g/mol. The summed E-state index contributed by atoms with van der Waals surface area (Å²) in [6.45, 7) is 1.40. The second kappa shape index (κ2) is 5.64. The lowest BCUT2D eigenvalue weighted by Gasteiger charge is -2.27. The molecule has 1 saturated heterocycles. The zero-order chi connectivity index (χ0) is 14.7. The maximum atomic E-state index is 11.9. The number of amides is 4. The minimum Gasteiger partial charge on any atom is -0.300 e. The van der Waals surface area contributed by atoms with Crippen molar-refractivity contribution in [2.24, 2.45) is 5.92 Å². The minimum absolute atomic E-state index is 0.0592. The molecular formula is C14H14N2O4.